The van der Waals surface area contributed by atoms with Crippen LogP contribution in [-0.2, 0) is 24.1 Å². The van der Waals surface area contributed by atoms with E-state index in [-0.39, 0.29) is 35.0 Å². The number of amides is 1. The average Bonchev–Trinajstić information content (AvgIpc) is 3.65. The lowest BCUT2D eigenvalue weighted by Crippen LogP contribution is -2.21. The van der Waals surface area contributed by atoms with Crippen LogP contribution in [-0.4, -0.2) is 27.0 Å². The lowest BCUT2D eigenvalue weighted by molar-refractivity contribution is -0.119. The summed E-state index contributed by atoms with van der Waals surface area (Å²) in [6, 6.07) is 0.0182. The number of carbonyl (C=O) groups excluding carboxylic acids is 3. The van der Waals surface area contributed by atoms with Crippen molar-refractivity contribution >= 4 is 34.6 Å². The highest BCUT2D eigenvalue weighted by Gasteiger charge is 2.35. The first kappa shape index (κ1) is 20.4. The number of imidazole rings is 1. The monoisotopic (exact) mass is 440 g/mol. The molecule has 1 amide bonds. The fourth-order valence-corrected chi connectivity index (χ4v) is 6.11. The first-order valence-corrected chi connectivity index (χ1v) is 12.1. The SMILES string of the molecule is NC(=O)c1ncn([C@H]2CCc3sc(CC(=O)C4CC4)c(C(=O)CCC4CC4)c3C2)c1N. The lowest BCUT2D eigenvalue weighted by Gasteiger charge is -2.25. The predicted octanol–water partition coefficient (Wildman–Crippen LogP) is 3.25. The number of aromatic nitrogens is 2. The smallest absolute Gasteiger partial charge is 0.271 e. The van der Waals surface area contributed by atoms with E-state index in [0.717, 1.165) is 48.1 Å². The summed E-state index contributed by atoms with van der Waals surface area (Å²) < 4.78 is 1.81. The van der Waals surface area contributed by atoms with Crippen molar-refractivity contribution < 1.29 is 14.4 Å². The molecule has 2 saturated carbocycles. The molecule has 0 aliphatic heterocycles. The van der Waals surface area contributed by atoms with Gasteiger partial charge in [0.15, 0.2) is 11.5 Å². The van der Waals surface area contributed by atoms with Crippen LogP contribution < -0.4 is 11.5 Å². The van der Waals surface area contributed by atoms with Crippen LogP contribution >= 0.6 is 11.3 Å². The Morgan fingerprint density at radius 1 is 1.16 bits per heavy atom. The highest BCUT2D eigenvalue weighted by Crippen LogP contribution is 2.42. The zero-order valence-electron chi connectivity index (χ0n) is 17.6. The van der Waals surface area contributed by atoms with E-state index in [9.17, 15) is 14.4 Å². The van der Waals surface area contributed by atoms with Crippen LogP contribution in [0.1, 0.15) is 87.2 Å². The van der Waals surface area contributed by atoms with Gasteiger partial charge < -0.3 is 16.0 Å². The molecule has 0 saturated heterocycles. The predicted molar refractivity (Wildman–Crippen MR) is 118 cm³/mol. The van der Waals surface area contributed by atoms with Gasteiger partial charge in [-0.1, -0.05) is 12.8 Å². The van der Waals surface area contributed by atoms with E-state index in [0.29, 0.717) is 25.2 Å². The number of nitrogen functional groups attached to an aromatic ring is 1. The maximum absolute atomic E-state index is 13.3. The number of hydrogen-bond acceptors (Lipinski definition) is 6. The summed E-state index contributed by atoms with van der Waals surface area (Å²) in [7, 11) is 0. The highest BCUT2D eigenvalue weighted by atomic mass is 32.1. The summed E-state index contributed by atoms with van der Waals surface area (Å²) in [5.41, 5.74) is 13.5. The molecule has 7 nitrogen and oxygen atoms in total. The third-order valence-corrected chi connectivity index (χ3v) is 8.18. The van der Waals surface area contributed by atoms with Crippen LogP contribution in [0, 0.1) is 11.8 Å². The second-order valence-corrected chi connectivity index (χ2v) is 10.5. The minimum atomic E-state index is -0.639. The maximum atomic E-state index is 13.3. The first-order valence-electron chi connectivity index (χ1n) is 11.2. The van der Waals surface area contributed by atoms with Gasteiger partial charge in [0.25, 0.3) is 5.91 Å². The molecule has 0 unspecified atom stereocenters. The number of ketones is 2. The Hall–Kier alpha value is -2.48. The summed E-state index contributed by atoms with van der Waals surface area (Å²) in [6.07, 6.45) is 10.2. The van der Waals surface area contributed by atoms with Crippen LogP contribution in [0.3, 0.4) is 0 Å². The third kappa shape index (κ3) is 4.05. The number of nitrogens with zero attached hydrogens (tertiary/aromatic N) is 2. The van der Waals surface area contributed by atoms with Crippen molar-refractivity contribution in [3.63, 3.8) is 0 Å². The van der Waals surface area contributed by atoms with E-state index in [1.807, 2.05) is 4.57 Å². The largest absolute Gasteiger partial charge is 0.383 e. The molecule has 1 atom stereocenters. The molecule has 2 heterocycles. The van der Waals surface area contributed by atoms with Gasteiger partial charge in [0.1, 0.15) is 11.6 Å². The van der Waals surface area contributed by atoms with Gasteiger partial charge in [-0.2, -0.15) is 0 Å². The number of nitrogens with two attached hydrogens (primary N) is 2. The van der Waals surface area contributed by atoms with Crippen LogP contribution in [0.2, 0.25) is 0 Å². The normalized spacial score (nSPS) is 20.5. The van der Waals surface area contributed by atoms with Gasteiger partial charge in [-0.05, 0) is 50.0 Å². The van der Waals surface area contributed by atoms with Crippen molar-refractivity contribution in [3.8, 4) is 0 Å². The van der Waals surface area contributed by atoms with Crippen LogP contribution in [0.4, 0.5) is 5.82 Å². The molecule has 2 aromatic rings. The maximum Gasteiger partial charge on any atom is 0.271 e. The first-order chi connectivity index (χ1) is 14.9. The van der Waals surface area contributed by atoms with E-state index in [1.165, 1.54) is 17.7 Å². The Bertz CT molecular complexity index is 1060. The summed E-state index contributed by atoms with van der Waals surface area (Å²) in [5.74, 6) is 0.985. The van der Waals surface area contributed by atoms with Gasteiger partial charge in [-0.25, -0.2) is 4.98 Å². The lowest BCUT2D eigenvalue weighted by atomic mass is 9.88. The van der Waals surface area contributed by atoms with Gasteiger partial charge in [-0.3, -0.25) is 14.4 Å². The quantitative estimate of drug-likeness (QED) is 0.580. The molecule has 0 bridgehead atoms. The zero-order valence-corrected chi connectivity index (χ0v) is 18.4. The van der Waals surface area contributed by atoms with E-state index < -0.39 is 5.91 Å². The Morgan fingerprint density at radius 2 is 1.94 bits per heavy atom. The molecular weight excluding hydrogens is 412 g/mol. The number of primary amides is 1. The number of hydrogen-bond donors (Lipinski definition) is 2. The molecule has 4 N–H and O–H groups in total. The second kappa shape index (κ2) is 7.89. The summed E-state index contributed by atoms with van der Waals surface area (Å²) >= 11 is 1.65. The molecule has 164 valence electrons. The van der Waals surface area contributed by atoms with Crippen molar-refractivity contribution in [2.24, 2.45) is 17.6 Å². The van der Waals surface area contributed by atoms with Crippen LogP contribution in [0.5, 0.6) is 0 Å². The summed E-state index contributed by atoms with van der Waals surface area (Å²) in [6.45, 7) is 0. The Kier molecular flexibility index (Phi) is 5.20. The number of thiophene rings is 1. The van der Waals surface area contributed by atoms with E-state index in [1.54, 1.807) is 17.7 Å². The molecule has 3 aliphatic rings. The second-order valence-electron chi connectivity index (χ2n) is 9.27. The van der Waals surface area contributed by atoms with Gasteiger partial charge in [0, 0.05) is 40.1 Å². The summed E-state index contributed by atoms with van der Waals surface area (Å²) in [4.78, 5) is 43.7. The zero-order chi connectivity index (χ0) is 21.7. The minimum Gasteiger partial charge on any atom is -0.383 e. The molecule has 2 aromatic heterocycles. The van der Waals surface area contributed by atoms with Gasteiger partial charge in [-0.15, -0.1) is 11.3 Å². The number of aryl methyl sites for hydroxylation is 1. The van der Waals surface area contributed by atoms with Crippen LogP contribution in [0.15, 0.2) is 6.33 Å². The van der Waals surface area contributed by atoms with Crippen LogP contribution in [0.25, 0.3) is 0 Å². The molecule has 5 rings (SSSR count). The molecule has 31 heavy (non-hydrogen) atoms. The molecule has 3 aliphatic carbocycles. The number of Topliss-reactive ketones (excluding diaryl/α,β-unsaturated/α-hetero) is 2. The van der Waals surface area contributed by atoms with Crippen molar-refractivity contribution in [3.05, 3.63) is 32.9 Å². The molecule has 0 radical (unpaired) electrons. The topological polar surface area (TPSA) is 121 Å². The third-order valence-electron chi connectivity index (χ3n) is 6.89. The number of anilines is 1. The van der Waals surface area contributed by atoms with E-state index in [2.05, 4.69) is 4.98 Å². The highest BCUT2D eigenvalue weighted by molar-refractivity contribution is 7.12. The van der Waals surface area contributed by atoms with Gasteiger partial charge in [0.2, 0.25) is 0 Å². The van der Waals surface area contributed by atoms with E-state index >= 15 is 0 Å². The number of rotatable bonds is 9. The molecule has 0 spiro atoms. The fraction of sp³-hybridized carbons (Fsp3) is 0.565. The average molecular weight is 441 g/mol. The summed E-state index contributed by atoms with van der Waals surface area (Å²) in [5, 5.41) is 0. The van der Waals surface area contributed by atoms with Gasteiger partial charge >= 0.3 is 0 Å². The van der Waals surface area contributed by atoms with Crippen molar-refractivity contribution in [2.45, 2.75) is 70.3 Å². The fourth-order valence-electron chi connectivity index (χ4n) is 4.73. The number of carbonyl (C=O) groups is 3. The minimum absolute atomic E-state index is 0.0182. The molecule has 0 aromatic carbocycles. The van der Waals surface area contributed by atoms with Crippen molar-refractivity contribution in [1.29, 1.82) is 0 Å². The Balaban J connectivity index is 1.44. The Labute approximate surface area is 185 Å². The van der Waals surface area contributed by atoms with Crippen molar-refractivity contribution in [2.75, 3.05) is 5.73 Å². The molecule has 8 heteroatoms. The number of fused-ring (bicyclic) bond motifs is 1. The Morgan fingerprint density at radius 3 is 2.58 bits per heavy atom. The molecular formula is C23H28N4O3S. The van der Waals surface area contributed by atoms with Crippen molar-refractivity contribution in [1.82, 2.24) is 9.55 Å². The molecule has 2 fully saturated rings. The van der Waals surface area contributed by atoms with Gasteiger partial charge in [0.05, 0.1) is 6.33 Å². The standard InChI is InChI=1S/C23H28N4O3S/c24-22-21(23(25)30)26-11-27(22)14-6-8-18-15(9-14)20(16(28)7-3-12-1-2-12)19(31-18)10-17(29)13-4-5-13/h11-14H,1-10,24H2,(H2,25,30)/t14-/m0/s1. The van der Waals surface area contributed by atoms with E-state index in [4.69, 9.17) is 11.5 Å².